The van der Waals surface area contributed by atoms with Gasteiger partial charge in [0.2, 0.25) is 0 Å². The summed E-state index contributed by atoms with van der Waals surface area (Å²) in [5.74, 6) is -0.440. The Morgan fingerprint density at radius 1 is 1.26 bits per heavy atom. The van der Waals surface area contributed by atoms with Crippen molar-refractivity contribution in [3.05, 3.63) is 35.1 Å². The minimum Gasteiger partial charge on any atom is -0.314 e. The fourth-order valence-electron chi connectivity index (χ4n) is 2.66. The van der Waals surface area contributed by atoms with E-state index < -0.39 is 11.5 Å². The molecule has 2 rings (SSSR count). The maximum absolute atomic E-state index is 14.1. The zero-order valence-corrected chi connectivity index (χ0v) is 11.7. The molecular weight excluding hydrogens is 246 g/mol. The van der Waals surface area contributed by atoms with Crippen molar-refractivity contribution in [3.8, 4) is 0 Å². The Bertz CT molecular complexity index is 421. The highest BCUT2D eigenvalue weighted by molar-refractivity contribution is 5.33. The fraction of sp³-hybridized carbons (Fsp3) is 0.600. The van der Waals surface area contributed by atoms with Crippen molar-refractivity contribution >= 4 is 0 Å². The summed E-state index contributed by atoms with van der Waals surface area (Å²) in [7, 11) is 0. The van der Waals surface area contributed by atoms with Crippen molar-refractivity contribution in [1.29, 1.82) is 0 Å². The number of hydrogen-bond acceptors (Lipinski definition) is 2. The first-order chi connectivity index (χ1) is 8.98. The van der Waals surface area contributed by atoms with E-state index in [4.69, 9.17) is 0 Å². The molecule has 0 aromatic heterocycles. The topological polar surface area (TPSA) is 15.3 Å². The number of hydrogen-bond donors (Lipinski definition) is 1. The van der Waals surface area contributed by atoms with E-state index in [1.54, 1.807) is 6.07 Å². The first-order valence-electron chi connectivity index (χ1n) is 6.88. The zero-order chi connectivity index (χ0) is 13.9. The Morgan fingerprint density at radius 3 is 2.58 bits per heavy atom. The summed E-state index contributed by atoms with van der Waals surface area (Å²) in [6.07, 6.45) is 0.695. The largest absolute Gasteiger partial charge is 0.314 e. The Morgan fingerprint density at radius 2 is 1.95 bits per heavy atom. The standard InChI is InChI=1S/C15H22F2N2/c1-15(2,17)14-12(4-3-5-13(14)16)6-9-19-10-7-18-8-11-19/h3-5,18H,6-11H2,1-2H3. The van der Waals surface area contributed by atoms with Crippen molar-refractivity contribution in [3.63, 3.8) is 0 Å². The minimum atomic E-state index is -1.63. The molecule has 2 nitrogen and oxygen atoms in total. The Kier molecular flexibility index (Phi) is 4.53. The highest BCUT2D eigenvalue weighted by Crippen LogP contribution is 2.30. The maximum Gasteiger partial charge on any atom is 0.133 e. The van der Waals surface area contributed by atoms with Gasteiger partial charge in [0.05, 0.1) is 0 Å². The molecule has 19 heavy (non-hydrogen) atoms. The predicted molar refractivity (Wildman–Crippen MR) is 73.5 cm³/mol. The van der Waals surface area contributed by atoms with Crippen LogP contribution in [0.5, 0.6) is 0 Å². The molecule has 1 fully saturated rings. The van der Waals surface area contributed by atoms with E-state index in [0.717, 1.165) is 38.3 Å². The fourth-order valence-corrected chi connectivity index (χ4v) is 2.66. The number of alkyl halides is 1. The molecule has 106 valence electrons. The van der Waals surface area contributed by atoms with E-state index in [2.05, 4.69) is 10.2 Å². The second-order valence-corrected chi connectivity index (χ2v) is 5.59. The van der Waals surface area contributed by atoms with Crippen LogP contribution in [0.3, 0.4) is 0 Å². The summed E-state index contributed by atoms with van der Waals surface area (Å²) < 4.78 is 28.0. The lowest BCUT2D eigenvalue weighted by Crippen LogP contribution is -2.44. The minimum absolute atomic E-state index is 0.213. The smallest absolute Gasteiger partial charge is 0.133 e. The summed E-state index contributed by atoms with van der Waals surface area (Å²) in [5.41, 5.74) is -0.638. The molecule has 0 saturated carbocycles. The van der Waals surface area contributed by atoms with Crippen LogP contribution in [0.25, 0.3) is 0 Å². The molecule has 0 radical (unpaired) electrons. The van der Waals surface area contributed by atoms with Gasteiger partial charge in [-0.05, 0) is 31.9 Å². The number of nitrogens with zero attached hydrogens (tertiary/aromatic N) is 1. The molecule has 0 spiro atoms. The molecule has 4 heteroatoms. The lowest BCUT2D eigenvalue weighted by molar-refractivity contribution is 0.209. The monoisotopic (exact) mass is 268 g/mol. The molecule has 1 aromatic carbocycles. The number of benzene rings is 1. The quantitative estimate of drug-likeness (QED) is 0.902. The van der Waals surface area contributed by atoms with Crippen LogP contribution >= 0.6 is 0 Å². The van der Waals surface area contributed by atoms with E-state index in [9.17, 15) is 8.78 Å². The predicted octanol–water partition coefficient (Wildman–Crippen LogP) is 2.48. The summed E-state index contributed by atoms with van der Waals surface area (Å²) >= 11 is 0. The zero-order valence-electron chi connectivity index (χ0n) is 11.7. The molecule has 1 aliphatic heterocycles. The Labute approximate surface area is 113 Å². The molecule has 1 aliphatic rings. The van der Waals surface area contributed by atoms with Crippen molar-refractivity contribution in [1.82, 2.24) is 10.2 Å². The van der Waals surface area contributed by atoms with Crippen LogP contribution in [0.2, 0.25) is 0 Å². The third-order valence-electron chi connectivity index (χ3n) is 3.60. The van der Waals surface area contributed by atoms with Crippen molar-refractivity contribution in [2.75, 3.05) is 32.7 Å². The third kappa shape index (κ3) is 3.74. The van der Waals surface area contributed by atoms with Gasteiger partial charge in [-0.15, -0.1) is 0 Å². The van der Waals surface area contributed by atoms with Crippen LogP contribution in [-0.2, 0) is 12.1 Å². The van der Waals surface area contributed by atoms with Gasteiger partial charge in [-0.2, -0.15) is 0 Å². The molecule has 0 amide bonds. The van der Waals surface area contributed by atoms with E-state index in [0.29, 0.717) is 6.42 Å². The maximum atomic E-state index is 14.1. The number of halogens is 2. The van der Waals surface area contributed by atoms with Crippen molar-refractivity contribution in [2.45, 2.75) is 25.9 Å². The van der Waals surface area contributed by atoms with E-state index >= 15 is 0 Å². The van der Waals surface area contributed by atoms with Crippen LogP contribution in [-0.4, -0.2) is 37.6 Å². The first-order valence-corrected chi connectivity index (χ1v) is 6.88. The van der Waals surface area contributed by atoms with Gasteiger partial charge in [0, 0.05) is 38.3 Å². The molecule has 1 heterocycles. The van der Waals surface area contributed by atoms with Gasteiger partial charge in [-0.3, -0.25) is 0 Å². The van der Waals surface area contributed by atoms with Crippen LogP contribution in [0, 0.1) is 5.82 Å². The second-order valence-electron chi connectivity index (χ2n) is 5.59. The molecule has 1 aromatic rings. The molecule has 1 saturated heterocycles. The van der Waals surface area contributed by atoms with Crippen LogP contribution in [0.15, 0.2) is 18.2 Å². The summed E-state index contributed by atoms with van der Waals surface area (Å²) in [4.78, 5) is 2.33. The van der Waals surface area contributed by atoms with Gasteiger partial charge in [0.1, 0.15) is 11.5 Å². The lowest BCUT2D eigenvalue weighted by atomic mass is 9.92. The van der Waals surface area contributed by atoms with E-state index in [-0.39, 0.29) is 5.56 Å². The van der Waals surface area contributed by atoms with Gasteiger partial charge >= 0.3 is 0 Å². The highest BCUT2D eigenvalue weighted by atomic mass is 19.1. The Hall–Kier alpha value is -1.00. The Balaban J connectivity index is 2.09. The summed E-state index contributed by atoms with van der Waals surface area (Å²) in [5, 5.41) is 3.30. The van der Waals surface area contributed by atoms with Gasteiger partial charge in [0.15, 0.2) is 0 Å². The summed E-state index contributed by atoms with van der Waals surface area (Å²) in [6, 6.07) is 4.84. The van der Waals surface area contributed by atoms with Crippen LogP contribution in [0.4, 0.5) is 8.78 Å². The first kappa shape index (κ1) is 14.4. The molecule has 0 aliphatic carbocycles. The highest BCUT2D eigenvalue weighted by Gasteiger charge is 2.26. The number of rotatable bonds is 4. The number of piperazine rings is 1. The van der Waals surface area contributed by atoms with E-state index in [1.165, 1.54) is 19.9 Å². The van der Waals surface area contributed by atoms with Crippen LogP contribution in [0.1, 0.15) is 25.0 Å². The molecule has 0 bridgehead atoms. The van der Waals surface area contributed by atoms with Gasteiger partial charge in [0.25, 0.3) is 0 Å². The molecule has 1 N–H and O–H groups in total. The molecule has 0 unspecified atom stereocenters. The van der Waals surface area contributed by atoms with Gasteiger partial charge in [-0.25, -0.2) is 8.78 Å². The second kappa shape index (κ2) is 5.97. The number of nitrogens with one attached hydrogen (secondary N) is 1. The average Bonchev–Trinajstić information content (AvgIpc) is 2.36. The van der Waals surface area contributed by atoms with Gasteiger partial charge < -0.3 is 10.2 Å². The molecule has 0 atom stereocenters. The third-order valence-corrected chi connectivity index (χ3v) is 3.60. The lowest BCUT2D eigenvalue weighted by Gasteiger charge is -2.28. The average molecular weight is 268 g/mol. The SMILES string of the molecule is CC(C)(F)c1c(F)cccc1CCN1CCNCC1. The summed E-state index contributed by atoms with van der Waals surface area (Å²) in [6.45, 7) is 7.68. The normalized spacial score (nSPS) is 17.7. The van der Waals surface area contributed by atoms with Crippen molar-refractivity contribution in [2.24, 2.45) is 0 Å². The molecular formula is C15H22F2N2. The van der Waals surface area contributed by atoms with Gasteiger partial charge in [-0.1, -0.05) is 12.1 Å². The van der Waals surface area contributed by atoms with Crippen molar-refractivity contribution < 1.29 is 8.78 Å². The van der Waals surface area contributed by atoms with Crippen LogP contribution < -0.4 is 5.32 Å². The van der Waals surface area contributed by atoms with E-state index in [1.807, 2.05) is 6.07 Å².